The maximum atomic E-state index is 12.7. The number of aromatic nitrogens is 5. The van der Waals surface area contributed by atoms with Gasteiger partial charge in [-0.25, -0.2) is 15.0 Å². The van der Waals surface area contributed by atoms with Gasteiger partial charge in [-0.2, -0.15) is 33.0 Å². The molecular formula is C48H47F6N9Pt. The van der Waals surface area contributed by atoms with Gasteiger partial charge >= 0.3 is 33.4 Å². The van der Waals surface area contributed by atoms with Crippen LogP contribution in [0, 0.1) is 26.3 Å². The Morgan fingerprint density at radius 2 is 1.31 bits per heavy atom. The van der Waals surface area contributed by atoms with Gasteiger partial charge in [-0.3, -0.25) is 4.98 Å². The Morgan fingerprint density at radius 1 is 0.750 bits per heavy atom. The molecule has 7 aromatic rings. The minimum absolute atomic E-state index is 0. The fraction of sp³-hybridized carbons (Fsp3) is 0.292. The second kappa shape index (κ2) is 18.8. The molecule has 64 heavy (non-hydrogen) atoms. The first-order valence-electron chi connectivity index (χ1n) is 22.9. The van der Waals surface area contributed by atoms with E-state index in [1.54, 1.807) is 11.8 Å². The average molecular weight is 1070 g/mol. The third kappa shape index (κ3) is 9.99. The first-order chi connectivity index (χ1) is 32.1. The van der Waals surface area contributed by atoms with E-state index in [-0.39, 0.29) is 66.3 Å². The predicted octanol–water partition coefficient (Wildman–Crippen LogP) is 12.8. The van der Waals surface area contributed by atoms with Crippen molar-refractivity contribution in [3.63, 3.8) is 0 Å². The van der Waals surface area contributed by atoms with Crippen molar-refractivity contribution in [3.8, 4) is 11.1 Å². The summed E-state index contributed by atoms with van der Waals surface area (Å²) in [6.07, 6.45) is -3.20. The zero-order chi connectivity index (χ0) is 50.5. The van der Waals surface area contributed by atoms with E-state index < -0.39 is 37.4 Å². The van der Waals surface area contributed by atoms with E-state index in [0.717, 1.165) is 57.3 Å². The molecule has 0 saturated heterocycles. The van der Waals surface area contributed by atoms with Gasteiger partial charge in [-0.15, -0.1) is 52.8 Å². The van der Waals surface area contributed by atoms with Gasteiger partial charge < -0.3 is 25.0 Å². The van der Waals surface area contributed by atoms with Crippen LogP contribution in [-0.4, -0.2) is 33.9 Å². The molecule has 0 radical (unpaired) electrons. The molecule has 9 nitrogen and oxygen atoms in total. The van der Waals surface area contributed by atoms with E-state index in [1.165, 1.54) is 54.8 Å². The molecule has 0 unspecified atom stereocenters. The standard InChI is InChI=1S/C34H41N8.C14H6F6N.Pt/c1-21(2)25-16-29(22(3)4)31(30(17-25)23(5)6)26-14-27(39-19-40(8)32-24(7)35-10-11-36-32)18-28(15-26)42-20-41(9)33-34(42)38-13-12-37-33;15-13(16,17)7-1-3-11-9(5-7)10-6-8(14(18,19)20)2-4-12(10)21-11;/h10-17,19-23,39H,1-9H3;1-6H;/q-3;-1;+4/i8D3,9D3;;. The number of fused-ring (bicyclic) bond motifs is 4. The van der Waals surface area contributed by atoms with Gasteiger partial charge in [0.25, 0.3) is 0 Å². The van der Waals surface area contributed by atoms with Crippen molar-refractivity contribution in [3.05, 3.63) is 138 Å². The van der Waals surface area contributed by atoms with Crippen LogP contribution in [0.5, 0.6) is 0 Å². The van der Waals surface area contributed by atoms with Crippen LogP contribution in [0.15, 0.2) is 85.5 Å². The molecule has 0 aliphatic carbocycles. The average Bonchev–Trinajstić information content (AvgIpc) is 3.84. The molecule has 0 saturated carbocycles. The Bertz CT molecular complexity index is 2890. The minimum atomic E-state index is -4.56. The number of anilines is 5. The predicted molar refractivity (Wildman–Crippen MR) is 238 cm³/mol. The number of hydrogen-bond acceptors (Lipinski definition) is 8. The molecule has 0 atom stereocenters. The zero-order valence-corrected chi connectivity index (χ0v) is 37.9. The van der Waals surface area contributed by atoms with Gasteiger partial charge in [0.2, 0.25) is 0 Å². The smallest absolute Gasteiger partial charge is 0.657 e. The fourth-order valence-electron chi connectivity index (χ4n) is 7.27. The molecule has 4 heterocycles. The van der Waals surface area contributed by atoms with Crippen molar-refractivity contribution in [2.45, 2.75) is 78.6 Å². The molecule has 16 heteroatoms. The fourth-order valence-corrected chi connectivity index (χ4v) is 7.27. The van der Waals surface area contributed by atoms with Crippen molar-refractivity contribution in [2.24, 2.45) is 0 Å². The third-order valence-electron chi connectivity index (χ3n) is 10.5. The molecule has 1 aliphatic heterocycles. The summed E-state index contributed by atoms with van der Waals surface area (Å²) in [5, 5.41) is 3.28. The first kappa shape index (κ1) is 39.9. The summed E-state index contributed by atoms with van der Waals surface area (Å²) in [6, 6.07) is 17.4. The number of alkyl halides is 6. The summed E-state index contributed by atoms with van der Waals surface area (Å²) in [7, 11) is 0. The SMILES string of the molecule is FC(F)(F)c1ccc2[n-]c3ccc(C(F)(F)F)cc3c2c1.[2H]C([2H])([2H])N([CH-]Nc1[c-]c(N2[CH-]N(C([2H])([2H])[2H])c3nccnc32)cc(-c2c(C(C)C)cc(C(C)C)cc2C(C)C)c1)c1nccnc1C.[Pt+4]. The van der Waals surface area contributed by atoms with E-state index in [2.05, 4.69) is 90.0 Å². The number of hydrogen-bond donors (Lipinski definition) is 1. The van der Waals surface area contributed by atoms with E-state index in [4.69, 9.17) is 8.22 Å². The summed E-state index contributed by atoms with van der Waals surface area (Å²) >= 11 is 0. The molecule has 1 aliphatic rings. The minimum Gasteiger partial charge on any atom is -0.657 e. The van der Waals surface area contributed by atoms with Crippen molar-refractivity contribution in [1.29, 1.82) is 0 Å². The monoisotopic (exact) mass is 1060 g/mol. The van der Waals surface area contributed by atoms with E-state index in [0.29, 0.717) is 28.8 Å². The van der Waals surface area contributed by atoms with Crippen molar-refractivity contribution in [1.82, 2.24) is 24.9 Å². The summed E-state index contributed by atoms with van der Waals surface area (Å²) in [4.78, 5) is 25.2. The number of aryl methyl sites for hydroxylation is 1. The third-order valence-corrected chi connectivity index (χ3v) is 10.5. The van der Waals surface area contributed by atoms with Crippen LogP contribution in [0.3, 0.4) is 0 Å². The zero-order valence-electron chi connectivity index (χ0n) is 41.6. The van der Waals surface area contributed by atoms with Crippen LogP contribution in [0.2, 0.25) is 0 Å². The molecule has 0 bridgehead atoms. The van der Waals surface area contributed by atoms with Gasteiger partial charge in [-0.1, -0.05) is 77.9 Å². The van der Waals surface area contributed by atoms with Gasteiger partial charge in [-0.05, 0) is 83.8 Å². The van der Waals surface area contributed by atoms with Gasteiger partial charge in [0.15, 0.2) is 0 Å². The Hall–Kier alpha value is -5.69. The van der Waals surface area contributed by atoms with Gasteiger partial charge in [0.05, 0.1) is 16.8 Å². The largest absolute Gasteiger partial charge is 4.00 e. The van der Waals surface area contributed by atoms with Crippen molar-refractivity contribution < 1.29 is 55.6 Å². The van der Waals surface area contributed by atoms with E-state index >= 15 is 0 Å². The quantitative estimate of drug-likeness (QED) is 0.112. The number of rotatable bonds is 9. The van der Waals surface area contributed by atoms with Crippen LogP contribution >= 0.6 is 0 Å². The maximum Gasteiger partial charge on any atom is 4.00 e. The Labute approximate surface area is 392 Å². The summed E-state index contributed by atoms with van der Waals surface area (Å²) in [5.74, 6) is 1.41. The molecule has 0 amide bonds. The molecule has 8 rings (SSSR count). The number of nitrogens with zero attached hydrogens (tertiary/aromatic N) is 8. The van der Waals surface area contributed by atoms with Crippen LogP contribution in [0.4, 0.5) is 55.2 Å². The molecule has 0 spiro atoms. The Balaban J connectivity index is 0.000000304. The molecule has 0 fully saturated rings. The number of nitrogens with one attached hydrogen (secondary N) is 1. The molecule has 4 aromatic carbocycles. The van der Waals surface area contributed by atoms with Crippen LogP contribution in [0.25, 0.3) is 32.9 Å². The van der Waals surface area contributed by atoms with Crippen LogP contribution in [-0.2, 0) is 33.4 Å². The van der Waals surface area contributed by atoms with Crippen molar-refractivity contribution in [2.75, 3.05) is 34.0 Å². The molecule has 336 valence electrons. The van der Waals surface area contributed by atoms with Gasteiger partial charge in [0, 0.05) is 33.0 Å². The summed E-state index contributed by atoms with van der Waals surface area (Å²) in [5.41, 5.74) is 5.53. The van der Waals surface area contributed by atoms with E-state index in [9.17, 15) is 26.3 Å². The second-order valence-electron chi connectivity index (χ2n) is 15.9. The second-order valence-corrected chi connectivity index (χ2v) is 15.9. The normalized spacial score (nSPS) is 14.6. The summed E-state index contributed by atoms with van der Waals surface area (Å²) < 4.78 is 125. The van der Waals surface area contributed by atoms with Crippen LogP contribution < -0.4 is 25.0 Å². The maximum absolute atomic E-state index is 12.7. The van der Waals surface area contributed by atoms with Crippen LogP contribution in [0.1, 0.15) is 101 Å². The Kier molecular flexibility index (Phi) is 11.7. The number of halogens is 6. The Morgan fingerprint density at radius 3 is 1.83 bits per heavy atom. The van der Waals surface area contributed by atoms with Crippen molar-refractivity contribution >= 4 is 50.6 Å². The topological polar surface area (TPSA) is 87.4 Å². The molecule has 1 N–H and O–H groups in total. The number of benzene rings is 4. The van der Waals surface area contributed by atoms with E-state index in [1.807, 2.05) is 12.1 Å². The first-order valence-corrected chi connectivity index (χ1v) is 19.9. The molecule has 3 aromatic heterocycles. The van der Waals surface area contributed by atoms with Gasteiger partial charge in [0.1, 0.15) is 17.5 Å². The summed E-state index contributed by atoms with van der Waals surface area (Å²) in [6.45, 7) is 12.4. The molecular weight excluding hydrogens is 1010 g/mol.